The molecule has 1 aliphatic carbocycles. The van der Waals surface area contributed by atoms with Crippen LogP contribution in [0.3, 0.4) is 0 Å². The number of nitrogens with one attached hydrogen (secondary N) is 1. The van der Waals surface area contributed by atoms with Crippen LogP contribution in [0.4, 0.5) is 5.69 Å². The molecule has 1 aliphatic heterocycles. The van der Waals surface area contributed by atoms with E-state index in [4.69, 9.17) is 11.6 Å². The lowest BCUT2D eigenvalue weighted by Gasteiger charge is -2.39. The fourth-order valence-corrected chi connectivity index (χ4v) is 4.65. The Morgan fingerprint density at radius 3 is 2.79 bits per heavy atom. The van der Waals surface area contributed by atoms with Gasteiger partial charge in [0, 0.05) is 10.4 Å². The highest BCUT2D eigenvalue weighted by atomic mass is 79.9. The molecule has 0 spiro atoms. The monoisotopic (exact) mass is 403 g/mol. The average Bonchev–Trinajstić information content (AvgIpc) is 3.05. The van der Waals surface area contributed by atoms with E-state index in [2.05, 4.69) is 39.5 Å². The Bertz CT molecular complexity index is 864. The van der Waals surface area contributed by atoms with E-state index in [1.165, 1.54) is 5.56 Å². The summed E-state index contributed by atoms with van der Waals surface area (Å²) in [6.45, 7) is 0. The molecule has 0 bridgehead atoms. The summed E-state index contributed by atoms with van der Waals surface area (Å²) in [5.74, 6) is -0.584. The number of benzene rings is 2. The highest BCUT2D eigenvalue weighted by Crippen LogP contribution is 2.53. The Morgan fingerprint density at radius 1 is 1.25 bits per heavy atom. The minimum Gasteiger partial charge on any atom is -0.478 e. The van der Waals surface area contributed by atoms with Crippen LogP contribution in [0.15, 0.2) is 53.0 Å². The van der Waals surface area contributed by atoms with Crippen molar-refractivity contribution in [2.75, 3.05) is 5.32 Å². The Morgan fingerprint density at radius 2 is 2.04 bits per heavy atom. The second kappa shape index (κ2) is 5.94. The van der Waals surface area contributed by atoms with Crippen molar-refractivity contribution in [2.45, 2.75) is 18.4 Å². The van der Waals surface area contributed by atoms with E-state index in [0.717, 1.165) is 22.1 Å². The summed E-state index contributed by atoms with van der Waals surface area (Å²) < 4.78 is 1.04. The summed E-state index contributed by atoms with van der Waals surface area (Å²) in [5.41, 5.74) is 3.04. The first kappa shape index (κ1) is 15.7. The molecule has 1 heterocycles. The third-order valence-corrected chi connectivity index (χ3v) is 5.98. The lowest BCUT2D eigenvalue weighted by molar-refractivity contribution is 0.0695. The summed E-state index contributed by atoms with van der Waals surface area (Å²) in [6.07, 6.45) is 5.17. The number of carboxylic acids is 1. The quantitative estimate of drug-likeness (QED) is 0.638. The van der Waals surface area contributed by atoms with Gasteiger partial charge in [-0.1, -0.05) is 57.9 Å². The molecule has 2 aromatic carbocycles. The first-order valence-corrected chi connectivity index (χ1v) is 8.98. The number of halogens is 2. The number of aromatic carboxylic acids is 1. The van der Waals surface area contributed by atoms with Gasteiger partial charge in [-0.2, -0.15) is 0 Å². The maximum atomic E-state index is 11.7. The number of carboxylic acid groups (broad SMARTS) is 1. The summed E-state index contributed by atoms with van der Waals surface area (Å²) in [5, 5.41) is 13.7. The topological polar surface area (TPSA) is 49.3 Å². The lowest BCUT2D eigenvalue weighted by Crippen LogP contribution is -2.30. The number of allylic oxidation sites excluding steroid dienone is 2. The van der Waals surface area contributed by atoms with Crippen molar-refractivity contribution in [1.29, 1.82) is 0 Å². The molecule has 4 rings (SSSR count). The molecule has 0 fully saturated rings. The number of hydrogen-bond acceptors (Lipinski definition) is 2. The number of hydrogen-bond donors (Lipinski definition) is 2. The fraction of sp³-hybridized carbons (Fsp3) is 0.211. The van der Waals surface area contributed by atoms with E-state index in [9.17, 15) is 9.90 Å². The largest absolute Gasteiger partial charge is 0.478 e. The molecule has 24 heavy (non-hydrogen) atoms. The third-order valence-electron chi connectivity index (χ3n) is 4.94. The SMILES string of the molecule is O=C(O)c1ccc(Cl)c2c1[C@H]1C=CC[C@H]1[C@@H](c1ccccc1Br)N2. The predicted molar refractivity (Wildman–Crippen MR) is 98.9 cm³/mol. The van der Waals surface area contributed by atoms with Crippen molar-refractivity contribution < 1.29 is 9.90 Å². The van der Waals surface area contributed by atoms with Gasteiger partial charge >= 0.3 is 5.97 Å². The minimum atomic E-state index is -0.914. The van der Waals surface area contributed by atoms with Crippen molar-refractivity contribution in [3.8, 4) is 0 Å². The second-order valence-electron chi connectivity index (χ2n) is 6.19. The van der Waals surface area contributed by atoms with E-state index < -0.39 is 5.97 Å². The fourth-order valence-electron chi connectivity index (χ4n) is 3.90. The maximum Gasteiger partial charge on any atom is 0.336 e. The first-order valence-electron chi connectivity index (χ1n) is 7.81. The van der Waals surface area contributed by atoms with Crippen LogP contribution in [0.2, 0.25) is 5.02 Å². The summed E-state index contributed by atoms with van der Waals surface area (Å²) >= 11 is 10.0. The Kier molecular flexibility index (Phi) is 3.89. The van der Waals surface area contributed by atoms with Crippen LogP contribution in [-0.4, -0.2) is 11.1 Å². The van der Waals surface area contributed by atoms with Gasteiger partial charge in [-0.3, -0.25) is 0 Å². The van der Waals surface area contributed by atoms with Crippen LogP contribution in [0, 0.1) is 5.92 Å². The van der Waals surface area contributed by atoms with E-state index in [-0.39, 0.29) is 17.9 Å². The van der Waals surface area contributed by atoms with Gasteiger partial charge in [0.25, 0.3) is 0 Å². The molecule has 2 aromatic rings. The highest BCUT2D eigenvalue weighted by molar-refractivity contribution is 9.10. The van der Waals surface area contributed by atoms with Gasteiger partial charge in [0.15, 0.2) is 0 Å². The molecule has 0 saturated carbocycles. The zero-order valence-electron chi connectivity index (χ0n) is 12.7. The Labute approximate surface area is 153 Å². The van der Waals surface area contributed by atoms with E-state index in [0.29, 0.717) is 10.6 Å². The minimum absolute atomic E-state index is 0.0585. The Balaban J connectivity index is 1.90. The average molecular weight is 405 g/mol. The summed E-state index contributed by atoms with van der Waals surface area (Å²) in [7, 11) is 0. The Hall–Kier alpha value is -1.78. The van der Waals surface area contributed by atoms with Crippen LogP contribution in [0.5, 0.6) is 0 Å². The molecule has 0 aromatic heterocycles. The third kappa shape index (κ3) is 2.36. The molecule has 0 saturated heterocycles. The van der Waals surface area contributed by atoms with Crippen molar-refractivity contribution >= 4 is 39.2 Å². The second-order valence-corrected chi connectivity index (χ2v) is 7.45. The molecule has 0 radical (unpaired) electrons. The van der Waals surface area contributed by atoms with Crippen molar-refractivity contribution in [3.05, 3.63) is 74.7 Å². The summed E-state index contributed by atoms with van der Waals surface area (Å²) in [6, 6.07) is 11.5. The molecule has 3 nitrogen and oxygen atoms in total. The van der Waals surface area contributed by atoms with Crippen LogP contribution in [-0.2, 0) is 0 Å². The molecule has 0 unspecified atom stereocenters. The van der Waals surface area contributed by atoms with Gasteiger partial charge in [-0.05, 0) is 41.7 Å². The van der Waals surface area contributed by atoms with Crippen LogP contribution in [0.25, 0.3) is 0 Å². The number of anilines is 1. The molecule has 3 atom stereocenters. The van der Waals surface area contributed by atoms with Crippen molar-refractivity contribution in [1.82, 2.24) is 0 Å². The van der Waals surface area contributed by atoms with Crippen LogP contribution >= 0.6 is 27.5 Å². The first-order chi connectivity index (χ1) is 11.6. The van der Waals surface area contributed by atoms with E-state index >= 15 is 0 Å². The van der Waals surface area contributed by atoms with Crippen LogP contribution in [0.1, 0.15) is 39.9 Å². The van der Waals surface area contributed by atoms with Crippen LogP contribution < -0.4 is 5.32 Å². The van der Waals surface area contributed by atoms with Crippen molar-refractivity contribution in [3.63, 3.8) is 0 Å². The zero-order chi connectivity index (χ0) is 16.8. The van der Waals surface area contributed by atoms with Gasteiger partial charge < -0.3 is 10.4 Å². The van der Waals surface area contributed by atoms with Crippen molar-refractivity contribution in [2.24, 2.45) is 5.92 Å². The lowest BCUT2D eigenvalue weighted by atomic mass is 9.75. The molecular weight excluding hydrogens is 390 g/mol. The molecule has 2 aliphatic rings. The molecular formula is C19H15BrClNO2. The van der Waals surface area contributed by atoms with Gasteiger partial charge in [0.05, 0.1) is 22.3 Å². The smallest absolute Gasteiger partial charge is 0.336 e. The zero-order valence-corrected chi connectivity index (χ0v) is 15.0. The molecule has 2 N–H and O–H groups in total. The number of rotatable bonds is 2. The molecule has 122 valence electrons. The number of carbonyl (C=O) groups is 1. The van der Waals surface area contributed by atoms with Gasteiger partial charge in [0.2, 0.25) is 0 Å². The normalized spacial score (nSPS) is 24.2. The standard InChI is InChI=1S/C19H15BrClNO2/c20-14-7-2-1-4-12(14)17-11-6-3-5-10(11)16-13(19(23)24)8-9-15(21)18(16)22-17/h1-5,7-11,17,22H,6H2,(H,23,24)/t10-,11+,17-/m0/s1. The van der Waals surface area contributed by atoms with Gasteiger partial charge in [-0.15, -0.1) is 0 Å². The van der Waals surface area contributed by atoms with E-state index in [1.807, 2.05) is 18.2 Å². The van der Waals surface area contributed by atoms with E-state index in [1.54, 1.807) is 12.1 Å². The predicted octanol–water partition coefficient (Wildman–Crippen LogP) is 5.63. The summed E-state index contributed by atoms with van der Waals surface area (Å²) in [4.78, 5) is 11.7. The molecule has 5 heteroatoms. The molecule has 0 amide bonds. The maximum absolute atomic E-state index is 11.7. The van der Waals surface area contributed by atoms with Gasteiger partial charge in [-0.25, -0.2) is 4.79 Å². The number of fused-ring (bicyclic) bond motifs is 3. The highest BCUT2D eigenvalue weighted by Gasteiger charge is 2.41. The van der Waals surface area contributed by atoms with Gasteiger partial charge in [0.1, 0.15) is 0 Å².